The molecule has 4 heteroatoms. The molecule has 0 aliphatic heterocycles. The van der Waals surface area contributed by atoms with Crippen molar-refractivity contribution < 1.29 is 13.3 Å². The van der Waals surface area contributed by atoms with Gasteiger partial charge in [-0.1, -0.05) is 31.6 Å². The van der Waals surface area contributed by atoms with Crippen molar-refractivity contribution in [3.8, 4) is 0 Å². The minimum Gasteiger partial charge on any atom is -0.374 e. The summed E-state index contributed by atoms with van der Waals surface area (Å²) in [6.07, 6.45) is 8.26. The van der Waals surface area contributed by atoms with Crippen LogP contribution in [-0.2, 0) is 13.3 Å². The van der Waals surface area contributed by atoms with Crippen LogP contribution >= 0.6 is 0 Å². The van der Waals surface area contributed by atoms with Gasteiger partial charge < -0.3 is 13.3 Å². The molecular formula is C10H20O3Si. The van der Waals surface area contributed by atoms with Crippen LogP contribution in [0.3, 0.4) is 0 Å². The number of allylic oxidation sites excluding steroid dienone is 3. The molecule has 0 aromatic carbocycles. The molecule has 14 heavy (non-hydrogen) atoms. The van der Waals surface area contributed by atoms with Crippen molar-refractivity contribution in [2.45, 2.75) is 19.8 Å². The highest BCUT2D eigenvalue weighted by Crippen LogP contribution is 2.07. The Balaban J connectivity index is 4.15. The molecule has 0 bridgehead atoms. The first-order chi connectivity index (χ1) is 6.74. The highest BCUT2D eigenvalue weighted by molar-refractivity contribution is 6.66. The second-order valence-electron chi connectivity index (χ2n) is 2.79. The van der Waals surface area contributed by atoms with Gasteiger partial charge in [-0.2, -0.15) is 0 Å². The van der Waals surface area contributed by atoms with E-state index in [1.165, 1.54) is 0 Å². The van der Waals surface area contributed by atoms with E-state index in [0.29, 0.717) is 0 Å². The molecule has 0 aliphatic rings. The molecule has 0 aromatic rings. The van der Waals surface area contributed by atoms with E-state index in [1.54, 1.807) is 21.3 Å². The second kappa shape index (κ2) is 7.93. The summed E-state index contributed by atoms with van der Waals surface area (Å²) in [4.78, 5) is 0. The van der Waals surface area contributed by atoms with Crippen LogP contribution in [0.5, 0.6) is 0 Å². The van der Waals surface area contributed by atoms with Crippen molar-refractivity contribution in [1.29, 1.82) is 0 Å². The van der Waals surface area contributed by atoms with Gasteiger partial charge in [-0.05, 0) is 12.1 Å². The van der Waals surface area contributed by atoms with E-state index in [-0.39, 0.29) is 0 Å². The largest absolute Gasteiger partial charge is 0.528 e. The zero-order valence-corrected chi connectivity index (χ0v) is 10.4. The summed E-state index contributed by atoms with van der Waals surface area (Å²) in [5.41, 5.74) is 1.86. The average Bonchev–Trinajstić information content (AvgIpc) is 2.24. The summed E-state index contributed by atoms with van der Waals surface area (Å²) in [5.74, 6) is 0. The van der Waals surface area contributed by atoms with E-state index in [2.05, 4.69) is 13.0 Å². The van der Waals surface area contributed by atoms with Gasteiger partial charge in [0.25, 0.3) is 0 Å². The van der Waals surface area contributed by atoms with Crippen molar-refractivity contribution in [3.05, 3.63) is 23.9 Å². The van der Waals surface area contributed by atoms with Crippen LogP contribution in [0, 0.1) is 0 Å². The maximum absolute atomic E-state index is 5.22. The fraction of sp³-hybridized carbons (Fsp3) is 0.600. The number of hydrogen-bond acceptors (Lipinski definition) is 3. The predicted octanol–water partition coefficient (Wildman–Crippen LogP) is 2.32. The summed E-state index contributed by atoms with van der Waals surface area (Å²) in [5, 5.41) is 0. The molecule has 0 N–H and O–H groups in total. The molecule has 0 saturated heterocycles. The molecule has 0 radical (unpaired) electrons. The van der Waals surface area contributed by atoms with Crippen molar-refractivity contribution in [2.75, 3.05) is 21.3 Å². The third kappa shape index (κ3) is 4.71. The van der Waals surface area contributed by atoms with E-state index >= 15 is 0 Å². The van der Waals surface area contributed by atoms with Crippen LogP contribution < -0.4 is 0 Å². The van der Waals surface area contributed by atoms with Gasteiger partial charge in [0.15, 0.2) is 0 Å². The maximum atomic E-state index is 5.22. The number of hydrogen-bond donors (Lipinski definition) is 0. The van der Waals surface area contributed by atoms with E-state index in [1.807, 2.05) is 17.9 Å². The lowest BCUT2D eigenvalue weighted by molar-refractivity contribution is 0.138. The van der Waals surface area contributed by atoms with Gasteiger partial charge in [-0.25, -0.2) is 0 Å². The van der Waals surface area contributed by atoms with Gasteiger partial charge in [-0.3, -0.25) is 0 Å². The van der Waals surface area contributed by atoms with Crippen LogP contribution in [0.1, 0.15) is 19.8 Å². The van der Waals surface area contributed by atoms with Gasteiger partial charge >= 0.3 is 8.80 Å². The first kappa shape index (κ1) is 13.6. The van der Waals surface area contributed by atoms with Gasteiger partial charge in [0, 0.05) is 21.3 Å². The predicted molar refractivity (Wildman–Crippen MR) is 60.0 cm³/mol. The molecule has 0 fully saturated rings. The van der Waals surface area contributed by atoms with Gasteiger partial charge in [-0.15, -0.1) is 0 Å². The molecule has 0 amide bonds. The highest BCUT2D eigenvalue weighted by atomic mass is 28.4. The highest BCUT2D eigenvalue weighted by Gasteiger charge is 2.33. The third-order valence-electron chi connectivity index (χ3n) is 1.86. The Bertz CT molecular complexity index is 178. The fourth-order valence-corrected chi connectivity index (χ4v) is 2.22. The summed E-state index contributed by atoms with van der Waals surface area (Å²) in [7, 11) is 2.28. The topological polar surface area (TPSA) is 27.7 Å². The summed E-state index contributed by atoms with van der Waals surface area (Å²) in [6.45, 7) is 2.15. The number of rotatable bonds is 7. The first-order valence-corrected chi connectivity index (χ1v) is 6.54. The van der Waals surface area contributed by atoms with Crippen LogP contribution in [0.4, 0.5) is 0 Å². The van der Waals surface area contributed by atoms with Crippen molar-refractivity contribution in [3.63, 3.8) is 0 Å². The quantitative estimate of drug-likeness (QED) is 0.483. The Morgan fingerprint density at radius 3 is 2.00 bits per heavy atom. The van der Waals surface area contributed by atoms with Crippen molar-refractivity contribution >= 4 is 8.80 Å². The smallest absolute Gasteiger partial charge is 0.374 e. The standard InChI is InChI=1S/C10H20O3Si/c1-5-6-7-8-9-10-14(11-2,12-3)13-4/h7-10H,5-6H2,1-4H3. The molecule has 0 spiro atoms. The van der Waals surface area contributed by atoms with Crippen LogP contribution in [-0.4, -0.2) is 30.1 Å². The maximum Gasteiger partial charge on any atom is 0.528 e. The Morgan fingerprint density at radius 1 is 1.00 bits per heavy atom. The SMILES string of the molecule is CCCC=CC=C[Si](OC)(OC)OC. The van der Waals surface area contributed by atoms with E-state index in [0.717, 1.165) is 12.8 Å². The minimum absolute atomic E-state index is 1.09. The van der Waals surface area contributed by atoms with Crippen LogP contribution in [0.2, 0.25) is 0 Å². The molecule has 0 saturated carbocycles. The normalized spacial score (nSPS) is 13.1. The average molecular weight is 216 g/mol. The van der Waals surface area contributed by atoms with Crippen molar-refractivity contribution in [1.82, 2.24) is 0 Å². The zero-order chi connectivity index (χ0) is 10.9. The zero-order valence-electron chi connectivity index (χ0n) is 9.45. The molecule has 0 heterocycles. The lowest BCUT2D eigenvalue weighted by Gasteiger charge is -2.19. The molecule has 0 atom stereocenters. The summed E-state index contributed by atoms with van der Waals surface area (Å²) >= 11 is 0. The van der Waals surface area contributed by atoms with E-state index in [4.69, 9.17) is 13.3 Å². The molecule has 3 nitrogen and oxygen atoms in total. The molecule has 0 aliphatic carbocycles. The minimum atomic E-state index is -2.51. The Labute approximate surface area is 87.7 Å². The molecule has 82 valence electrons. The molecular weight excluding hydrogens is 196 g/mol. The number of unbranched alkanes of at least 4 members (excludes halogenated alkanes) is 1. The fourth-order valence-electron chi connectivity index (χ4n) is 0.969. The van der Waals surface area contributed by atoms with Gasteiger partial charge in [0.2, 0.25) is 0 Å². The Morgan fingerprint density at radius 2 is 1.57 bits per heavy atom. The van der Waals surface area contributed by atoms with E-state index < -0.39 is 8.80 Å². The summed E-state index contributed by atoms with van der Waals surface area (Å²) in [6, 6.07) is 0. The molecule has 0 aromatic heterocycles. The van der Waals surface area contributed by atoms with E-state index in [9.17, 15) is 0 Å². The lowest BCUT2D eigenvalue weighted by Crippen LogP contribution is -2.40. The lowest BCUT2D eigenvalue weighted by atomic mass is 10.3. The second-order valence-corrected chi connectivity index (χ2v) is 5.56. The Hall–Kier alpha value is -0.423. The van der Waals surface area contributed by atoms with Crippen LogP contribution in [0.25, 0.3) is 0 Å². The van der Waals surface area contributed by atoms with Gasteiger partial charge in [0.05, 0.1) is 0 Å². The Kier molecular flexibility index (Phi) is 7.69. The van der Waals surface area contributed by atoms with Crippen molar-refractivity contribution in [2.24, 2.45) is 0 Å². The monoisotopic (exact) mass is 216 g/mol. The first-order valence-electron chi connectivity index (χ1n) is 4.74. The summed E-state index contributed by atoms with van der Waals surface area (Å²) < 4.78 is 15.6. The third-order valence-corrected chi connectivity index (χ3v) is 4.16. The van der Waals surface area contributed by atoms with Crippen LogP contribution in [0.15, 0.2) is 23.9 Å². The molecule has 0 unspecified atom stereocenters. The molecule has 0 rings (SSSR count). The van der Waals surface area contributed by atoms with Gasteiger partial charge in [0.1, 0.15) is 0 Å².